The summed E-state index contributed by atoms with van der Waals surface area (Å²) in [6.45, 7) is 14.2. The summed E-state index contributed by atoms with van der Waals surface area (Å²) in [5, 5.41) is 0. The van der Waals surface area contributed by atoms with Crippen molar-refractivity contribution in [1.82, 2.24) is 0 Å². The summed E-state index contributed by atoms with van der Waals surface area (Å²) >= 11 is 0. The van der Waals surface area contributed by atoms with Crippen LogP contribution in [0.5, 0.6) is 0 Å². The van der Waals surface area contributed by atoms with E-state index < -0.39 is 17.6 Å². The standard InChI is InChI=1S/C31H46F2O3/c1-8-9-10-11-12-13-14-30(31(34-22(2)3,35-23(4)5)36-24(6)7)26-17-15-25(16-18-26)27-19-28(32)21-29(33)20-27/h15-24,30H,8-14H2,1-7H3. The van der Waals surface area contributed by atoms with E-state index in [1.165, 1.54) is 37.8 Å². The molecule has 3 nitrogen and oxygen atoms in total. The zero-order valence-corrected chi connectivity index (χ0v) is 23.3. The van der Waals surface area contributed by atoms with Crippen LogP contribution in [0.3, 0.4) is 0 Å². The Balaban J connectivity index is 2.44. The fourth-order valence-electron chi connectivity index (χ4n) is 4.62. The first-order chi connectivity index (χ1) is 17.1. The zero-order chi connectivity index (χ0) is 26.7. The molecule has 0 spiro atoms. The third-order valence-corrected chi connectivity index (χ3v) is 5.98. The maximum Gasteiger partial charge on any atom is 0.290 e. The Kier molecular flexibility index (Phi) is 12.5. The van der Waals surface area contributed by atoms with Crippen molar-refractivity contribution in [3.63, 3.8) is 0 Å². The monoisotopic (exact) mass is 504 g/mol. The molecule has 0 fully saturated rings. The molecule has 0 radical (unpaired) electrons. The molecule has 0 aliphatic carbocycles. The number of rotatable bonds is 16. The summed E-state index contributed by atoms with van der Waals surface area (Å²) in [5.74, 6) is -2.59. The minimum atomic E-state index is -1.24. The van der Waals surface area contributed by atoms with Crippen molar-refractivity contribution in [2.24, 2.45) is 0 Å². The van der Waals surface area contributed by atoms with Gasteiger partial charge in [0.1, 0.15) is 11.6 Å². The summed E-state index contributed by atoms with van der Waals surface area (Å²) in [7, 11) is 0. The Bertz CT molecular complexity index is 846. The van der Waals surface area contributed by atoms with Gasteiger partial charge in [-0.15, -0.1) is 0 Å². The summed E-state index contributed by atoms with van der Waals surface area (Å²) in [6, 6.07) is 11.4. The third-order valence-electron chi connectivity index (χ3n) is 5.98. The summed E-state index contributed by atoms with van der Waals surface area (Å²) in [5.41, 5.74) is 2.28. The molecular formula is C31H46F2O3. The molecule has 0 bridgehead atoms. The second-order valence-electron chi connectivity index (χ2n) is 10.5. The van der Waals surface area contributed by atoms with Crippen molar-refractivity contribution in [2.75, 3.05) is 0 Å². The molecule has 0 saturated heterocycles. The topological polar surface area (TPSA) is 27.7 Å². The molecule has 0 saturated carbocycles. The summed E-state index contributed by atoms with van der Waals surface area (Å²) in [6.07, 6.45) is 7.62. The van der Waals surface area contributed by atoms with E-state index in [2.05, 4.69) is 6.92 Å². The number of halogens is 2. The molecular weight excluding hydrogens is 458 g/mol. The van der Waals surface area contributed by atoms with Crippen LogP contribution in [0.15, 0.2) is 42.5 Å². The van der Waals surface area contributed by atoms with Crippen LogP contribution >= 0.6 is 0 Å². The minimum absolute atomic E-state index is 0.107. The average Bonchev–Trinajstić information content (AvgIpc) is 2.76. The first kappa shape index (κ1) is 30.4. The summed E-state index contributed by atoms with van der Waals surface area (Å²) < 4.78 is 47.0. The average molecular weight is 505 g/mol. The van der Waals surface area contributed by atoms with Gasteiger partial charge in [-0.25, -0.2) is 8.78 Å². The maximum absolute atomic E-state index is 13.8. The Morgan fingerprint density at radius 3 is 1.58 bits per heavy atom. The van der Waals surface area contributed by atoms with Gasteiger partial charge in [-0.3, -0.25) is 0 Å². The fourth-order valence-corrected chi connectivity index (χ4v) is 4.62. The normalized spacial score (nSPS) is 13.2. The van der Waals surface area contributed by atoms with Crippen LogP contribution in [0.1, 0.15) is 105 Å². The minimum Gasteiger partial charge on any atom is -0.324 e. The van der Waals surface area contributed by atoms with E-state index in [0.717, 1.165) is 36.5 Å². The molecule has 0 heterocycles. The van der Waals surface area contributed by atoms with E-state index in [1.54, 1.807) is 0 Å². The lowest BCUT2D eigenvalue weighted by molar-refractivity contribution is -0.420. The van der Waals surface area contributed by atoms with Crippen LogP contribution in [-0.2, 0) is 14.2 Å². The third kappa shape index (κ3) is 9.57. The molecule has 0 N–H and O–H groups in total. The molecule has 0 aliphatic heterocycles. The van der Waals surface area contributed by atoms with Gasteiger partial charge < -0.3 is 14.2 Å². The second kappa shape index (κ2) is 14.8. The SMILES string of the molecule is CCCCCCCCC(c1ccc(-c2cc(F)cc(F)c2)cc1)C(OC(C)C)(OC(C)C)OC(C)C. The Hall–Kier alpha value is -1.82. The van der Waals surface area contributed by atoms with Crippen LogP contribution in [0.4, 0.5) is 8.78 Å². The van der Waals surface area contributed by atoms with Crippen molar-refractivity contribution >= 4 is 0 Å². The molecule has 36 heavy (non-hydrogen) atoms. The number of unbranched alkanes of at least 4 members (excludes halogenated alkanes) is 5. The van der Waals surface area contributed by atoms with Crippen LogP contribution in [0, 0.1) is 11.6 Å². The number of benzene rings is 2. The smallest absolute Gasteiger partial charge is 0.290 e. The Morgan fingerprint density at radius 1 is 0.639 bits per heavy atom. The Morgan fingerprint density at radius 2 is 1.11 bits per heavy atom. The molecule has 1 unspecified atom stereocenters. The van der Waals surface area contributed by atoms with Crippen LogP contribution in [0.25, 0.3) is 11.1 Å². The lowest BCUT2D eigenvalue weighted by Crippen LogP contribution is -2.49. The summed E-state index contributed by atoms with van der Waals surface area (Å²) in [4.78, 5) is 0. The molecule has 1 atom stereocenters. The van der Waals surface area contributed by atoms with Crippen LogP contribution < -0.4 is 0 Å². The molecule has 2 aromatic rings. The van der Waals surface area contributed by atoms with Gasteiger partial charge in [0, 0.05) is 6.07 Å². The van der Waals surface area contributed by atoms with Gasteiger partial charge in [0.05, 0.1) is 24.2 Å². The molecule has 2 rings (SSSR count). The van der Waals surface area contributed by atoms with Crippen molar-refractivity contribution in [3.05, 3.63) is 59.7 Å². The maximum atomic E-state index is 13.8. The Labute approximate surface area is 217 Å². The number of hydrogen-bond donors (Lipinski definition) is 0. The van der Waals surface area contributed by atoms with E-state index in [4.69, 9.17) is 14.2 Å². The zero-order valence-electron chi connectivity index (χ0n) is 23.3. The molecule has 0 amide bonds. The molecule has 0 aromatic heterocycles. The largest absolute Gasteiger partial charge is 0.324 e. The van der Waals surface area contributed by atoms with Crippen molar-refractivity contribution in [1.29, 1.82) is 0 Å². The number of hydrogen-bond acceptors (Lipinski definition) is 3. The van der Waals surface area contributed by atoms with Gasteiger partial charge in [0.15, 0.2) is 0 Å². The predicted octanol–water partition coefficient (Wildman–Crippen LogP) is 9.39. The molecule has 0 aliphatic rings. The van der Waals surface area contributed by atoms with Crippen LogP contribution in [-0.4, -0.2) is 24.3 Å². The lowest BCUT2D eigenvalue weighted by atomic mass is 9.88. The van der Waals surface area contributed by atoms with Crippen molar-refractivity contribution in [3.8, 4) is 11.1 Å². The van der Waals surface area contributed by atoms with E-state index in [9.17, 15) is 8.78 Å². The second-order valence-corrected chi connectivity index (χ2v) is 10.5. The first-order valence-electron chi connectivity index (χ1n) is 13.7. The van der Waals surface area contributed by atoms with Gasteiger partial charge in [-0.1, -0.05) is 69.7 Å². The van der Waals surface area contributed by atoms with Gasteiger partial charge in [-0.05, 0) is 76.8 Å². The first-order valence-corrected chi connectivity index (χ1v) is 13.7. The van der Waals surface area contributed by atoms with Gasteiger partial charge in [0.25, 0.3) is 5.97 Å². The highest BCUT2D eigenvalue weighted by Gasteiger charge is 2.46. The highest BCUT2D eigenvalue weighted by atomic mass is 19.1. The molecule has 2 aromatic carbocycles. The van der Waals surface area contributed by atoms with Gasteiger partial charge in [0.2, 0.25) is 0 Å². The quantitative estimate of drug-likeness (QED) is 0.168. The van der Waals surface area contributed by atoms with E-state index in [-0.39, 0.29) is 24.2 Å². The van der Waals surface area contributed by atoms with E-state index >= 15 is 0 Å². The van der Waals surface area contributed by atoms with E-state index in [0.29, 0.717) is 5.56 Å². The molecule has 5 heteroatoms. The highest BCUT2D eigenvalue weighted by Crippen LogP contribution is 2.41. The molecule has 202 valence electrons. The van der Waals surface area contributed by atoms with Gasteiger partial charge in [-0.2, -0.15) is 0 Å². The van der Waals surface area contributed by atoms with Crippen LogP contribution in [0.2, 0.25) is 0 Å². The lowest BCUT2D eigenvalue weighted by Gasteiger charge is -2.43. The highest BCUT2D eigenvalue weighted by molar-refractivity contribution is 5.64. The fraction of sp³-hybridized carbons (Fsp3) is 0.613. The van der Waals surface area contributed by atoms with Gasteiger partial charge >= 0.3 is 0 Å². The van der Waals surface area contributed by atoms with E-state index in [1.807, 2.05) is 65.8 Å². The van der Waals surface area contributed by atoms with Crippen molar-refractivity contribution < 1.29 is 23.0 Å². The number of ether oxygens (including phenoxy) is 3. The van der Waals surface area contributed by atoms with Crippen molar-refractivity contribution in [2.45, 2.75) is 124 Å². The predicted molar refractivity (Wildman–Crippen MR) is 144 cm³/mol.